The van der Waals surface area contributed by atoms with Crippen LogP contribution in [0.4, 0.5) is 5.82 Å². The number of hydrogen-bond acceptors (Lipinski definition) is 5. The molecule has 114 valence electrons. The molecule has 0 saturated carbocycles. The van der Waals surface area contributed by atoms with Gasteiger partial charge in [0, 0.05) is 17.2 Å². The number of halogens is 1. The summed E-state index contributed by atoms with van der Waals surface area (Å²) in [6, 6.07) is 3.50. The van der Waals surface area contributed by atoms with Gasteiger partial charge in [-0.05, 0) is 58.0 Å². The topological polar surface area (TPSA) is 71.1 Å². The predicted molar refractivity (Wildman–Crippen MR) is 89.2 cm³/mol. The molecule has 2 N–H and O–H groups in total. The van der Waals surface area contributed by atoms with Gasteiger partial charge >= 0.3 is 0 Å². The molecule has 0 aliphatic carbocycles. The Morgan fingerprint density at radius 1 is 1.38 bits per heavy atom. The minimum absolute atomic E-state index is 0.291. The Bertz CT molecular complexity index is 729. The number of pyridine rings is 1. The molecular formula is C13H16BrN3O2S2. The van der Waals surface area contributed by atoms with E-state index >= 15 is 0 Å². The standard InChI is InChI=1S/C13H16BrN3O2S2/c1-3-15-6-10-5-12(20-8-10)21(18,19)17-13-9(2)4-11(14)7-16-13/h4-5,7-8,15H,3,6H2,1-2H3,(H,16,17). The van der Waals surface area contributed by atoms with Crippen LogP contribution in [0.2, 0.25) is 0 Å². The van der Waals surface area contributed by atoms with E-state index < -0.39 is 10.0 Å². The van der Waals surface area contributed by atoms with E-state index in [4.69, 9.17) is 0 Å². The van der Waals surface area contributed by atoms with Crippen molar-refractivity contribution >= 4 is 43.1 Å². The molecule has 0 unspecified atom stereocenters. The lowest BCUT2D eigenvalue weighted by Gasteiger charge is -2.08. The minimum atomic E-state index is -3.59. The molecule has 2 aromatic heterocycles. The number of aryl methyl sites for hydroxylation is 1. The van der Waals surface area contributed by atoms with Crippen LogP contribution in [0.25, 0.3) is 0 Å². The van der Waals surface area contributed by atoms with Crippen LogP contribution in [0.15, 0.2) is 32.4 Å². The van der Waals surface area contributed by atoms with Gasteiger partial charge in [0.05, 0.1) is 0 Å². The third-order valence-corrected chi connectivity index (χ3v) is 6.01. The molecule has 0 atom stereocenters. The first-order chi connectivity index (χ1) is 9.92. The van der Waals surface area contributed by atoms with Crippen molar-refractivity contribution < 1.29 is 8.42 Å². The van der Waals surface area contributed by atoms with E-state index in [2.05, 4.69) is 31.0 Å². The average Bonchev–Trinajstić information content (AvgIpc) is 2.89. The summed E-state index contributed by atoms with van der Waals surface area (Å²) in [5.41, 5.74) is 1.72. The number of hydrogen-bond donors (Lipinski definition) is 2. The van der Waals surface area contributed by atoms with Crippen LogP contribution in [-0.4, -0.2) is 19.9 Å². The molecule has 2 aromatic rings. The summed E-state index contributed by atoms with van der Waals surface area (Å²) >= 11 is 4.51. The van der Waals surface area contributed by atoms with Crippen molar-refractivity contribution in [3.05, 3.63) is 39.3 Å². The average molecular weight is 390 g/mol. The fraction of sp³-hybridized carbons (Fsp3) is 0.308. The van der Waals surface area contributed by atoms with Crippen molar-refractivity contribution in [2.75, 3.05) is 11.3 Å². The van der Waals surface area contributed by atoms with Gasteiger partial charge in [0.2, 0.25) is 0 Å². The van der Waals surface area contributed by atoms with E-state index in [1.807, 2.05) is 18.4 Å². The summed E-state index contributed by atoms with van der Waals surface area (Å²) in [6.07, 6.45) is 1.57. The lowest BCUT2D eigenvalue weighted by molar-refractivity contribution is 0.602. The molecule has 0 amide bonds. The van der Waals surface area contributed by atoms with Crippen molar-refractivity contribution in [2.45, 2.75) is 24.6 Å². The van der Waals surface area contributed by atoms with Crippen molar-refractivity contribution in [2.24, 2.45) is 0 Å². The van der Waals surface area contributed by atoms with Gasteiger partial charge in [-0.1, -0.05) is 6.92 Å². The number of anilines is 1. The Morgan fingerprint density at radius 2 is 2.14 bits per heavy atom. The SMILES string of the molecule is CCNCc1csc(S(=O)(=O)Nc2ncc(Br)cc2C)c1. The highest BCUT2D eigenvalue weighted by Gasteiger charge is 2.18. The molecule has 0 bridgehead atoms. The largest absolute Gasteiger partial charge is 0.313 e. The molecule has 21 heavy (non-hydrogen) atoms. The van der Waals surface area contributed by atoms with E-state index in [0.717, 1.165) is 22.1 Å². The maximum absolute atomic E-state index is 12.4. The molecule has 0 saturated heterocycles. The van der Waals surface area contributed by atoms with Crippen LogP contribution >= 0.6 is 27.3 Å². The molecule has 0 aliphatic rings. The van der Waals surface area contributed by atoms with Gasteiger partial charge in [-0.3, -0.25) is 4.72 Å². The van der Waals surface area contributed by atoms with E-state index in [9.17, 15) is 8.42 Å². The number of rotatable bonds is 6. The first kappa shape index (κ1) is 16.4. The number of aromatic nitrogens is 1. The summed E-state index contributed by atoms with van der Waals surface area (Å²) < 4.78 is 28.3. The lowest BCUT2D eigenvalue weighted by Crippen LogP contribution is -2.14. The van der Waals surface area contributed by atoms with Crippen LogP contribution in [0.5, 0.6) is 0 Å². The molecule has 0 fully saturated rings. The molecule has 2 rings (SSSR count). The number of thiophene rings is 1. The first-order valence-electron chi connectivity index (χ1n) is 6.35. The molecule has 0 aromatic carbocycles. The highest BCUT2D eigenvalue weighted by atomic mass is 79.9. The second-order valence-electron chi connectivity index (χ2n) is 4.48. The molecular weight excluding hydrogens is 374 g/mol. The fourth-order valence-electron chi connectivity index (χ4n) is 1.68. The Kier molecular flexibility index (Phi) is 5.37. The third kappa shape index (κ3) is 4.26. The second kappa shape index (κ2) is 6.87. The van der Waals surface area contributed by atoms with Crippen molar-refractivity contribution in [1.29, 1.82) is 0 Å². The number of nitrogens with one attached hydrogen (secondary N) is 2. The van der Waals surface area contributed by atoms with Gasteiger partial charge in [0.1, 0.15) is 10.0 Å². The molecule has 8 heteroatoms. The van der Waals surface area contributed by atoms with Crippen LogP contribution < -0.4 is 10.0 Å². The smallest absolute Gasteiger partial charge is 0.272 e. The zero-order chi connectivity index (χ0) is 15.5. The van der Waals surface area contributed by atoms with Gasteiger partial charge in [-0.15, -0.1) is 11.3 Å². The molecule has 5 nitrogen and oxygen atoms in total. The minimum Gasteiger partial charge on any atom is -0.313 e. The Hall–Kier alpha value is -0.960. The van der Waals surface area contributed by atoms with Crippen molar-refractivity contribution in [1.82, 2.24) is 10.3 Å². The zero-order valence-electron chi connectivity index (χ0n) is 11.7. The quantitative estimate of drug-likeness (QED) is 0.795. The second-order valence-corrected chi connectivity index (χ2v) is 8.22. The van der Waals surface area contributed by atoms with E-state index in [1.165, 1.54) is 11.3 Å². The monoisotopic (exact) mass is 389 g/mol. The van der Waals surface area contributed by atoms with Crippen LogP contribution in [0.3, 0.4) is 0 Å². The maximum atomic E-state index is 12.4. The van der Waals surface area contributed by atoms with Gasteiger partial charge in [-0.2, -0.15) is 0 Å². The predicted octanol–water partition coefficient (Wildman–Crippen LogP) is 3.12. The molecule has 0 aliphatic heterocycles. The van der Waals surface area contributed by atoms with Gasteiger partial charge in [-0.25, -0.2) is 13.4 Å². The Balaban J connectivity index is 2.19. The van der Waals surface area contributed by atoms with E-state index in [-0.39, 0.29) is 0 Å². The van der Waals surface area contributed by atoms with E-state index in [0.29, 0.717) is 16.6 Å². The summed E-state index contributed by atoms with van der Waals surface area (Å²) in [6.45, 7) is 5.32. The summed E-state index contributed by atoms with van der Waals surface area (Å²) in [5, 5.41) is 5.01. The van der Waals surface area contributed by atoms with E-state index in [1.54, 1.807) is 19.2 Å². The number of nitrogens with zero attached hydrogens (tertiary/aromatic N) is 1. The van der Waals surface area contributed by atoms with Crippen molar-refractivity contribution in [3.8, 4) is 0 Å². The Labute approximate surface area is 137 Å². The normalized spacial score (nSPS) is 11.6. The van der Waals surface area contributed by atoms with Gasteiger partial charge in [0.25, 0.3) is 10.0 Å². The first-order valence-corrected chi connectivity index (χ1v) is 9.51. The summed E-state index contributed by atoms with van der Waals surface area (Å²) in [7, 11) is -3.59. The van der Waals surface area contributed by atoms with Crippen LogP contribution in [0.1, 0.15) is 18.1 Å². The third-order valence-electron chi connectivity index (χ3n) is 2.75. The summed E-state index contributed by atoms with van der Waals surface area (Å²) in [4.78, 5) is 4.10. The molecule has 2 heterocycles. The highest BCUT2D eigenvalue weighted by molar-refractivity contribution is 9.10. The molecule has 0 spiro atoms. The summed E-state index contributed by atoms with van der Waals surface area (Å²) in [5.74, 6) is 0.347. The van der Waals surface area contributed by atoms with Crippen molar-refractivity contribution in [3.63, 3.8) is 0 Å². The van der Waals surface area contributed by atoms with Gasteiger partial charge < -0.3 is 5.32 Å². The maximum Gasteiger partial charge on any atom is 0.272 e. The lowest BCUT2D eigenvalue weighted by atomic mass is 10.3. The van der Waals surface area contributed by atoms with Crippen LogP contribution in [0, 0.1) is 6.92 Å². The number of sulfonamides is 1. The van der Waals surface area contributed by atoms with Crippen LogP contribution in [-0.2, 0) is 16.6 Å². The van der Waals surface area contributed by atoms with Gasteiger partial charge in [0.15, 0.2) is 0 Å². The molecule has 0 radical (unpaired) electrons. The Morgan fingerprint density at radius 3 is 2.81 bits per heavy atom. The zero-order valence-corrected chi connectivity index (χ0v) is 14.9. The fourth-order valence-corrected chi connectivity index (χ4v) is 4.42. The highest BCUT2D eigenvalue weighted by Crippen LogP contribution is 2.24.